The van der Waals surface area contributed by atoms with E-state index < -0.39 is 0 Å². The molecule has 0 saturated carbocycles. The Morgan fingerprint density at radius 3 is 2.95 bits per heavy atom. The fourth-order valence-corrected chi connectivity index (χ4v) is 3.51. The SMILES string of the molecule is C[C@H]1CN(C)C[C@@]12COCCN(C(=O)c1ccoc1)C2. The summed E-state index contributed by atoms with van der Waals surface area (Å²) in [5, 5.41) is 0. The standard InChI is InChI=1S/C15H22N2O3/c1-12-7-16(2)9-15(12)10-17(4-6-20-11-15)14(18)13-3-5-19-8-13/h3,5,8,12H,4,6-7,9-11H2,1-2H3/t12-,15+/m0/s1. The maximum Gasteiger partial charge on any atom is 0.257 e. The van der Waals surface area contributed by atoms with Crippen molar-refractivity contribution < 1.29 is 13.9 Å². The molecule has 2 saturated heterocycles. The summed E-state index contributed by atoms with van der Waals surface area (Å²) in [5.41, 5.74) is 0.686. The van der Waals surface area contributed by atoms with Crippen LogP contribution in [0.2, 0.25) is 0 Å². The summed E-state index contributed by atoms with van der Waals surface area (Å²) in [4.78, 5) is 16.8. The van der Waals surface area contributed by atoms with Gasteiger partial charge in [-0.2, -0.15) is 0 Å². The maximum atomic E-state index is 12.5. The third kappa shape index (κ3) is 2.36. The highest BCUT2D eigenvalue weighted by atomic mass is 16.5. The van der Waals surface area contributed by atoms with E-state index in [2.05, 4.69) is 18.9 Å². The molecule has 0 radical (unpaired) electrons. The maximum absolute atomic E-state index is 12.5. The van der Waals surface area contributed by atoms with Crippen LogP contribution in [0.1, 0.15) is 17.3 Å². The molecule has 0 aliphatic carbocycles. The van der Waals surface area contributed by atoms with Crippen LogP contribution in [0.4, 0.5) is 0 Å². The molecule has 1 spiro atoms. The Morgan fingerprint density at radius 2 is 2.30 bits per heavy atom. The van der Waals surface area contributed by atoms with Crippen molar-refractivity contribution in [3.63, 3.8) is 0 Å². The van der Waals surface area contributed by atoms with Gasteiger partial charge in [-0.3, -0.25) is 4.79 Å². The number of carbonyl (C=O) groups excluding carboxylic acids is 1. The summed E-state index contributed by atoms with van der Waals surface area (Å²) >= 11 is 0. The molecule has 5 heteroatoms. The van der Waals surface area contributed by atoms with Crippen molar-refractivity contribution in [2.75, 3.05) is 46.4 Å². The number of amides is 1. The van der Waals surface area contributed by atoms with Crippen LogP contribution in [0.15, 0.2) is 23.0 Å². The van der Waals surface area contributed by atoms with E-state index in [4.69, 9.17) is 9.15 Å². The molecule has 110 valence electrons. The van der Waals surface area contributed by atoms with Crippen molar-refractivity contribution >= 4 is 5.91 Å². The van der Waals surface area contributed by atoms with Gasteiger partial charge in [-0.15, -0.1) is 0 Å². The molecule has 0 N–H and O–H groups in total. The molecular weight excluding hydrogens is 256 g/mol. The van der Waals surface area contributed by atoms with Gasteiger partial charge in [0.2, 0.25) is 0 Å². The molecule has 2 aliphatic heterocycles. The van der Waals surface area contributed by atoms with Gasteiger partial charge in [-0.25, -0.2) is 0 Å². The number of likely N-dealkylation sites (tertiary alicyclic amines) is 1. The van der Waals surface area contributed by atoms with Crippen molar-refractivity contribution in [2.24, 2.45) is 11.3 Å². The Bertz CT molecular complexity index is 473. The van der Waals surface area contributed by atoms with Crippen molar-refractivity contribution in [2.45, 2.75) is 6.92 Å². The predicted molar refractivity (Wildman–Crippen MR) is 74.5 cm³/mol. The van der Waals surface area contributed by atoms with Crippen LogP contribution in [0.25, 0.3) is 0 Å². The number of nitrogens with zero attached hydrogens (tertiary/aromatic N) is 2. The van der Waals surface area contributed by atoms with E-state index >= 15 is 0 Å². The Kier molecular flexibility index (Phi) is 3.56. The van der Waals surface area contributed by atoms with Gasteiger partial charge in [0, 0.05) is 31.6 Å². The van der Waals surface area contributed by atoms with Gasteiger partial charge < -0.3 is 19.0 Å². The number of furan rings is 1. The molecule has 2 aliphatic rings. The van der Waals surface area contributed by atoms with Gasteiger partial charge in [-0.05, 0) is 19.0 Å². The summed E-state index contributed by atoms with van der Waals surface area (Å²) in [6.45, 7) is 7.10. The van der Waals surface area contributed by atoms with Crippen molar-refractivity contribution in [1.29, 1.82) is 0 Å². The molecule has 5 nitrogen and oxygen atoms in total. The van der Waals surface area contributed by atoms with Crippen LogP contribution in [0.3, 0.4) is 0 Å². The van der Waals surface area contributed by atoms with E-state index in [1.54, 1.807) is 12.3 Å². The Morgan fingerprint density at radius 1 is 1.45 bits per heavy atom. The van der Waals surface area contributed by atoms with Crippen LogP contribution in [-0.2, 0) is 4.74 Å². The molecule has 2 atom stereocenters. The highest BCUT2D eigenvalue weighted by molar-refractivity contribution is 5.93. The van der Waals surface area contributed by atoms with Crippen LogP contribution < -0.4 is 0 Å². The lowest BCUT2D eigenvalue weighted by Gasteiger charge is -2.34. The van der Waals surface area contributed by atoms with Gasteiger partial charge in [0.25, 0.3) is 5.91 Å². The van der Waals surface area contributed by atoms with Gasteiger partial charge in [-0.1, -0.05) is 6.92 Å². The second-order valence-corrected chi connectivity index (χ2v) is 6.25. The zero-order valence-corrected chi connectivity index (χ0v) is 12.2. The van der Waals surface area contributed by atoms with E-state index in [-0.39, 0.29) is 11.3 Å². The third-order valence-corrected chi connectivity index (χ3v) is 4.67. The summed E-state index contributed by atoms with van der Waals surface area (Å²) in [6, 6.07) is 1.73. The van der Waals surface area contributed by atoms with Gasteiger partial charge >= 0.3 is 0 Å². The molecular formula is C15H22N2O3. The summed E-state index contributed by atoms with van der Waals surface area (Å²) in [5.74, 6) is 0.579. The highest BCUT2D eigenvalue weighted by Crippen LogP contribution is 2.37. The fourth-order valence-electron chi connectivity index (χ4n) is 3.51. The number of ether oxygens (including phenoxy) is 1. The van der Waals surface area contributed by atoms with Crippen LogP contribution in [0, 0.1) is 11.3 Å². The monoisotopic (exact) mass is 278 g/mol. The van der Waals surface area contributed by atoms with Crippen molar-refractivity contribution in [3.05, 3.63) is 24.2 Å². The topological polar surface area (TPSA) is 45.9 Å². The fraction of sp³-hybridized carbons (Fsp3) is 0.667. The van der Waals surface area contributed by atoms with Crippen LogP contribution in [0.5, 0.6) is 0 Å². The molecule has 3 rings (SSSR count). The summed E-state index contributed by atoms with van der Waals surface area (Å²) < 4.78 is 10.8. The van der Waals surface area contributed by atoms with Gasteiger partial charge in [0.05, 0.1) is 25.0 Å². The van der Waals surface area contributed by atoms with E-state index in [9.17, 15) is 4.79 Å². The van der Waals surface area contributed by atoms with E-state index in [0.717, 1.165) is 26.2 Å². The minimum absolute atomic E-state index is 0.0466. The number of hydrogen-bond acceptors (Lipinski definition) is 4. The second-order valence-electron chi connectivity index (χ2n) is 6.25. The molecule has 1 amide bonds. The molecule has 0 bridgehead atoms. The first-order valence-electron chi connectivity index (χ1n) is 7.18. The minimum Gasteiger partial charge on any atom is -0.472 e. The normalized spacial score (nSPS) is 31.7. The minimum atomic E-state index is 0.0466. The molecule has 20 heavy (non-hydrogen) atoms. The Hall–Kier alpha value is -1.33. The summed E-state index contributed by atoms with van der Waals surface area (Å²) in [7, 11) is 2.14. The summed E-state index contributed by atoms with van der Waals surface area (Å²) in [6.07, 6.45) is 3.06. The van der Waals surface area contributed by atoms with Crippen molar-refractivity contribution in [3.8, 4) is 0 Å². The smallest absolute Gasteiger partial charge is 0.257 e. The highest BCUT2D eigenvalue weighted by Gasteiger charge is 2.46. The molecule has 0 aromatic carbocycles. The van der Waals surface area contributed by atoms with E-state index in [1.165, 1.54) is 6.26 Å². The first-order chi connectivity index (χ1) is 9.61. The lowest BCUT2D eigenvalue weighted by atomic mass is 9.79. The number of carbonyl (C=O) groups is 1. The third-order valence-electron chi connectivity index (χ3n) is 4.67. The molecule has 3 heterocycles. The number of rotatable bonds is 1. The van der Waals surface area contributed by atoms with Crippen molar-refractivity contribution in [1.82, 2.24) is 9.80 Å². The first-order valence-corrected chi connectivity index (χ1v) is 7.18. The van der Waals surface area contributed by atoms with Gasteiger partial charge in [0.1, 0.15) is 6.26 Å². The predicted octanol–water partition coefficient (Wildman–Crippen LogP) is 1.32. The lowest BCUT2D eigenvalue weighted by molar-refractivity contribution is 0.0490. The zero-order chi connectivity index (χ0) is 14.2. The molecule has 1 aromatic rings. The van der Waals surface area contributed by atoms with Crippen LogP contribution in [-0.4, -0.2) is 62.1 Å². The molecule has 1 aromatic heterocycles. The number of hydrogen-bond donors (Lipinski definition) is 0. The Balaban J connectivity index is 1.81. The van der Waals surface area contributed by atoms with E-state index in [0.29, 0.717) is 24.6 Å². The van der Waals surface area contributed by atoms with E-state index in [1.807, 2.05) is 4.90 Å². The molecule has 2 fully saturated rings. The Labute approximate surface area is 119 Å². The second kappa shape index (κ2) is 5.22. The molecule has 0 unspecified atom stereocenters. The lowest BCUT2D eigenvalue weighted by Crippen LogP contribution is -2.45. The average Bonchev–Trinajstić information content (AvgIpc) is 2.96. The average molecular weight is 278 g/mol. The first kappa shape index (κ1) is 13.6. The van der Waals surface area contributed by atoms with Crippen LogP contribution >= 0.6 is 0 Å². The quantitative estimate of drug-likeness (QED) is 0.777. The zero-order valence-electron chi connectivity index (χ0n) is 12.2. The van der Waals surface area contributed by atoms with Gasteiger partial charge in [0.15, 0.2) is 0 Å². The largest absolute Gasteiger partial charge is 0.472 e.